The fourth-order valence-electron chi connectivity index (χ4n) is 3.04. The molecule has 10 nitrogen and oxygen atoms in total. The molecule has 0 spiro atoms. The van der Waals surface area contributed by atoms with Crippen LogP contribution in [0.15, 0.2) is 92.3 Å². The molecule has 0 heterocycles. The van der Waals surface area contributed by atoms with Gasteiger partial charge in [-0.15, -0.1) is 0 Å². The number of nitrogens with zero attached hydrogens (tertiary/aromatic N) is 1. The number of phenols is 3. The molecular weight excluding hydrogens is 440 g/mol. The van der Waals surface area contributed by atoms with E-state index in [9.17, 15) is 29.7 Å². The molecule has 0 bridgehead atoms. The van der Waals surface area contributed by atoms with Gasteiger partial charge in [0.25, 0.3) is 10.9 Å². The maximum Gasteiger partial charge on any atom is 0.275 e. The third-order valence-electron chi connectivity index (χ3n) is 4.94. The third-order valence-corrected chi connectivity index (χ3v) is 4.94. The number of rotatable bonds is 6. The summed E-state index contributed by atoms with van der Waals surface area (Å²) in [5.41, 5.74) is 8.71. The minimum absolute atomic E-state index is 0.138. The van der Waals surface area contributed by atoms with Crippen LogP contribution in [0.4, 0.5) is 17.1 Å². The molecule has 0 fully saturated rings. The largest absolute Gasteiger partial charge is 0.504 e. The van der Waals surface area contributed by atoms with E-state index in [4.69, 9.17) is 0 Å². The zero-order chi connectivity index (χ0) is 24.2. The molecule has 0 aliphatic heterocycles. The second-order valence-electron chi connectivity index (χ2n) is 7.20. The number of phenolic OH excluding ortho intramolecular Hbond substituents is 3. The highest BCUT2D eigenvalue weighted by atomic mass is 16.3. The number of hydrogen-bond acceptors (Lipinski definition) is 10. The first-order valence-electron chi connectivity index (χ1n) is 9.94. The van der Waals surface area contributed by atoms with Gasteiger partial charge in [0, 0.05) is 0 Å². The first-order valence-corrected chi connectivity index (χ1v) is 9.94. The Hall–Kier alpha value is -5.12. The Labute approximate surface area is 191 Å². The average Bonchev–Trinajstić information content (AvgIpc) is 2.86. The molecule has 0 saturated carbocycles. The molecule has 0 amide bonds. The Morgan fingerprint density at radius 2 is 1.21 bits per heavy atom. The maximum atomic E-state index is 11.8. The van der Waals surface area contributed by atoms with E-state index < -0.39 is 33.5 Å². The maximum absolute atomic E-state index is 11.8. The highest BCUT2D eigenvalue weighted by Crippen LogP contribution is 2.40. The van der Waals surface area contributed by atoms with E-state index in [1.807, 2.05) is 24.3 Å². The molecule has 0 atom stereocenters. The van der Waals surface area contributed by atoms with Gasteiger partial charge in [-0.25, -0.2) is 0 Å². The van der Waals surface area contributed by atoms with Gasteiger partial charge in [0.15, 0.2) is 11.5 Å². The summed E-state index contributed by atoms with van der Waals surface area (Å²) in [5.74, 6) is -1.52. The van der Waals surface area contributed by atoms with Crippen LogP contribution in [-0.4, -0.2) is 15.3 Å². The summed E-state index contributed by atoms with van der Waals surface area (Å²) >= 11 is 0. The molecule has 4 aromatic rings. The molecule has 0 radical (unpaired) electrons. The van der Waals surface area contributed by atoms with Gasteiger partial charge in [-0.3, -0.25) is 25.2 Å². The molecular formula is C24H18N4O6. The third kappa shape index (κ3) is 4.55. The number of benzene rings is 4. The van der Waals surface area contributed by atoms with Crippen LogP contribution >= 0.6 is 0 Å². The van der Waals surface area contributed by atoms with Crippen molar-refractivity contribution in [3.63, 3.8) is 0 Å². The van der Waals surface area contributed by atoms with Crippen molar-refractivity contribution in [2.75, 3.05) is 16.3 Å². The van der Waals surface area contributed by atoms with Crippen molar-refractivity contribution in [3.05, 3.63) is 109 Å². The van der Waals surface area contributed by atoms with Crippen molar-refractivity contribution in [2.45, 2.75) is 0 Å². The van der Waals surface area contributed by atoms with Crippen LogP contribution in [-0.2, 0) is 0 Å². The van der Waals surface area contributed by atoms with Crippen LogP contribution in [0.25, 0.3) is 11.1 Å². The summed E-state index contributed by atoms with van der Waals surface area (Å²) in [6.45, 7) is 0. The lowest BCUT2D eigenvalue weighted by atomic mass is 10.1. The molecule has 6 N–H and O–H groups in total. The Balaban J connectivity index is 1.42. The van der Waals surface area contributed by atoms with E-state index in [0.717, 1.165) is 17.2 Å². The average molecular weight is 458 g/mol. The Bertz CT molecular complexity index is 1560. The summed E-state index contributed by atoms with van der Waals surface area (Å²) in [5, 5.41) is 32.5. The standard InChI is InChI=1S/C24H18N4O6/c29-19-11-9-17(21(31)23(19)33)27-25-15-5-1-13(2-6-15)14-3-7-16(8-4-14)26-28-18-10-12-20(30)24(34)22(18)32/h1-12,25-27,29,31,33H. The minimum Gasteiger partial charge on any atom is -0.504 e. The van der Waals surface area contributed by atoms with Crippen molar-refractivity contribution in [2.24, 2.45) is 5.10 Å². The summed E-state index contributed by atoms with van der Waals surface area (Å²) in [7, 11) is 0. The van der Waals surface area contributed by atoms with Crippen LogP contribution in [0.3, 0.4) is 0 Å². The van der Waals surface area contributed by atoms with E-state index in [2.05, 4.69) is 21.4 Å². The van der Waals surface area contributed by atoms with Gasteiger partial charge in [-0.2, -0.15) is 5.10 Å². The predicted octanol–water partition coefficient (Wildman–Crippen LogP) is 1.79. The summed E-state index contributed by atoms with van der Waals surface area (Å²) in [6.07, 6.45) is 0. The number of anilines is 3. The summed E-state index contributed by atoms with van der Waals surface area (Å²) in [4.78, 5) is 34.4. The lowest BCUT2D eigenvalue weighted by Crippen LogP contribution is -2.46. The fraction of sp³-hybridized carbons (Fsp3) is 0. The molecule has 34 heavy (non-hydrogen) atoms. The first kappa shape index (κ1) is 22.1. The minimum atomic E-state index is -1.11. The number of hydrogen-bond donors (Lipinski definition) is 6. The van der Waals surface area contributed by atoms with Crippen molar-refractivity contribution in [1.82, 2.24) is 0 Å². The normalized spacial score (nSPS) is 11.2. The van der Waals surface area contributed by atoms with Gasteiger partial charge >= 0.3 is 0 Å². The number of hydrazine groups is 1. The van der Waals surface area contributed by atoms with Gasteiger partial charge in [0.1, 0.15) is 5.36 Å². The topological polar surface area (TPSA) is 160 Å². The highest BCUT2D eigenvalue weighted by molar-refractivity contribution is 5.70. The van der Waals surface area contributed by atoms with Crippen LogP contribution < -0.4 is 37.9 Å². The van der Waals surface area contributed by atoms with Crippen molar-refractivity contribution in [1.29, 1.82) is 0 Å². The highest BCUT2D eigenvalue weighted by Gasteiger charge is 2.10. The molecule has 0 aromatic heterocycles. The van der Waals surface area contributed by atoms with Crippen LogP contribution in [0.1, 0.15) is 0 Å². The van der Waals surface area contributed by atoms with Crippen LogP contribution in [0.2, 0.25) is 0 Å². The van der Waals surface area contributed by atoms with Crippen molar-refractivity contribution < 1.29 is 15.3 Å². The summed E-state index contributed by atoms with van der Waals surface area (Å²) < 4.78 is 0. The Kier molecular flexibility index (Phi) is 5.95. The van der Waals surface area contributed by atoms with Crippen molar-refractivity contribution >= 4 is 17.1 Å². The number of aromatic hydroxyl groups is 3. The molecule has 4 rings (SSSR count). The van der Waals surface area contributed by atoms with E-state index in [1.165, 1.54) is 18.2 Å². The lowest BCUT2D eigenvalue weighted by molar-refractivity contribution is 0.369. The van der Waals surface area contributed by atoms with Gasteiger partial charge in [-0.1, -0.05) is 24.3 Å². The second kappa shape index (κ2) is 9.17. The first-order chi connectivity index (χ1) is 16.3. The van der Waals surface area contributed by atoms with Gasteiger partial charge < -0.3 is 20.7 Å². The predicted molar refractivity (Wildman–Crippen MR) is 127 cm³/mol. The Morgan fingerprint density at radius 1 is 0.588 bits per heavy atom. The smallest absolute Gasteiger partial charge is 0.275 e. The molecule has 10 heteroatoms. The number of nitrogens with one attached hydrogen (secondary N) is 3. The van der Waals surface area contributed by atoms with E-state index in [0.29, 0.717) is 11.4 Å². The van der Waals surface area contributed by atoms with E-state index in [-0.39, 0.29) is 11.0 Å². The molecule has 4 aromatic carbocycles. The van der Waals surface area contributed by atoms with Gasteiger partial charge in [0.2, 0.25) is 11.2 Å². The second-order valence-corrected chi connectivity index (χ2v) is 7.20. The van der Waals surface area contributed by atoms with E-state index >= 15 is 0 Å². The van der Waals surface area contributed by atoms with Gasteiger partial charge in [0.05, 0.1) is 17.1 Å². The monoisotopic (exact) mass is 458 g/mol. The molecule has 170 valence electrons. The summed E-state index contributed by atoms with van der Waals surface area (Å²) in [6, 6.07) is 19.4. The zero-order valence-corrected chi connectivity index (χ0v) is 17.4. The van der Waals surface area contributed by atoms with E-state index in [1.54, 1.807) is 24.3 Å². The zero-order valence-electron chi connectivity index (χ0n) is 17.4. The fourth-order valence-corrected chi connectivity index (χ4v) is 3.04. The molecule has 0 aliphatic carbocycles. The molecule has 0 unspecified atom stereocenters. The molecule has 0 aliphatic rings. The Morgan fingerprint density at radius 3 is 1.85 bits per heavy atom. The molecule has 0 saturated heterocycles. The van der Waals surface area contributed by atoms with Crippen molar-refractivity contribution in [3.8, 4) is 28.4 Å². The SMILES string of the molecule is O=c1ccc(=NNc2ccc(-c3ccc(NNc4ccc(O)c(O)c4O)cc3)cc2)c(=O)c1=O. The van der Waals surface area contributed by atoms with Gasteiger partial charge in [-0.05, 0) is 59.7 Å². The van der Waals surface area contributed by atoms with Crippen LogP contribution in [0.5, 0.6) is 17.2 Å². The van der Waals surface area contributed by atoms with Crippen LogP contribution in [0, 0.1) is 0 Å². The quantitative estimate of drug-likeness (QED) is 0.110. The lowest BCUT2D eigenvalue weighted by Gasteiger charge is -2.13.